The predicted octanol–water partition coefficient (Wildman–Crippen LogP) is 2.95. The second-order valence-corrected chi connectivity index (χ2v) is 5.31. The zero-order valence-corrected chi connectivity index (χ0v) is 12.4. The number of benzene rings is 1. The van der Waals surface area contributed by atoms with E-state index >= 15 is 0 Å². The molecule has 0 aliphatic carbocycles. The van der Waals surface area contributed by atoms with Gasteiger partial charge in [-0.05, 0) is 29.3 Å². The maximum atomic E-state index is 9.45. The molecule has 2 aromatic heterocycles. The van der Waals surface area contributed by atoms with Gasteiger partial charge in [-0.15, -0.1) is 0 Å². The highest BCUT2D eigenvalue weighted by Gasteiger charge is 2.12. The summed E-state index contributed by atoms with van der Waals surface area (Å²) in [5.74, 6) is 0.756. The molecule has 0 bridgehead atoms. The smallest absolute Gasteiger partial charge is 0.123 e. The van der Waals surface area contributed by atoms with Gasteiger partial charge in [0, 0.05) is 25.5 Å². The third kappa shape index (κ3) is 3.67. The molecule has 4 heteroatoms. The van der Waals surface area contributed by atoms with Crippen LogP contribution in [0.3, 0.4) is 0 Å². The molecule has 22 heavy (non-hydrogen) atoms. The normalized spacial score (nSPS) is 12.4. The van der Waals surface area contributed by atoms with Crippen LogP contribution in [0.1, 0.15) is 22.9 Å². The summed E-state index contributed by atoms with van der Waals surface area (Å²) in [7, 11) is 0. The molecule has 2 heterocycles. The maximum absolute atomic E-state index is 9.45. The first-order valence-corrected chi connectivity index (χ1v) is 7.41. The number of aliphatic hydroxyl groups excluding tert-OH is 1. The molecule has 0 saturated heterocycles. The Balaban J connectivity index is 1.57. The number of hydrogen-bond acceptors (Lipinski definition) is 3. The highest BCUT2D eigenvalue weighted by atomic mass is 16.3. The van der Waals surface area contributed by atoms with Crippen molar-refractivity contribution in [1.29, 1.82) is 0 Å². The topological polar surface area (TPSA) is 50.3 Å². The number of hydrogen-bond donors (Lipinski definition) is 2. The summed E-state index contributed by atoms with van der Waals surface area (Å²) in [6, 6.07) is 16.0. The van der Waals surface area contributed by atoms with Gasteiger partial charge in [-0.2, -0.15) is 0 Å². The van der Waals surface area contributed by atoms with E-state index in [2.05, 4.69) is 52.6 Å². The van der Waals surface area contributed by atoms with Crippen molar-refractivity contribution < 1.29 is 9.52 Å². The summed E-state index contributed by atoms with van der Waals surface area (Å²) in [5, 5.41) is 12.8. The van der Waals surface area contributed by atoms with Gasteiger partial charge in [0.05, 0.1) is 18.9 Å². The summed E-state index contributed by atoms with van der Waals surface area (Å²) in [4.78, 5) is 0. The van der Waals surface area contributed by atoms with Gasteiger partial charge < -0.3 is 19.4 Å². The summed E-state index contributed by atoms with van der Waals surface area (Å²) in [6.45, 7) is 1.56. The van der Waals surface area contributed by atoms with Crippen LogP contribution < -0.4 is 5.32 Å². The summed E-state index contributed by atoms with van der Waals surface area (Å²) in [5.41, 5.74) is 2.46. The minimum absolute atomic E-state index is 0.0121. The lowest BCUT2D eigenvalue weighted by Crippen LogP contribution is -2.23. The zero-order valence-electron chi connectivity index (χ0n) is 12.4. The number of rotatable bonds is 7. The van der Waals surface area contributed by atoms with Gasteiger partial charge in [-0.3, -0.25) is 0 Å². The molecule has 0 aliphatic heterocycles. The van der Waals surface area contributed by atoms with Crippen molar-refractivity contribution in [2.24, 2.45) is 0 Å². The number of furan rings is 1. The summed E-state index contributed by atoms with van der Waals surface area (Å²) < 4.78 is 7.49. The van der Waals surface area contributed by atoms with E-state index < -0.39 is 0 Å². The number of nitrogens with one attached hydrogen (secondary N) is 1. The Labute approximate surface area is 130 Å². The molecule has 3 aromatic rings. The van der Waals surface area contributed by atoms with Crippen LogP contribution in [0.4, 0.5) is 0 Å². The first-order valence-electron chi connectivity index (χ1n) is 7.41. The Morgan fingerprint density at radius 3 is 2.64 bits per heavy atom. The monoisotopic (exact) mass is 296 g/mol. The number of aromatic nitrogens is 1. The van der Waals surface area contributed by atoms with Crippen molar-refractivity contribution in [1.82, 2.24) is 9.88 Å². The van der Waals surface area contributed by atoms with Crippen LogP contribution in [0.2, 0.25) is 0 Å². The van der Waals surface area contributed by atoms with Crippen LogP contribution in [0.5, 0.6) is 0 Å². The lowest BCUT2D eigenvalue weighted by molar-refractivity contribution is 0.225. The van der Waals surface area contributed by atoms with Crippen LogP contribution in [-0.2, 0) is 13.1 Å². The highest BCUT2D eigenvalue weighted by molar-refractivity contribution is 5.17. The van der Waals surface area contributed by atoms with Crippen LogP contribution in [0, 0.1) is 0 Å². The first kappa shape index (κ1) is 14.6. The van der Waals surface area contributed by atoms with Gasteiger partial charge in [0.15, 0.2) is 0 Å². The Hall–Kier alpha value is -2.30. The Morgan fingerprint density at radius 1 is 1.05 bits per heavy atom. The van der Waals surface area contributed by atoms with Crippen LogP contribution in [0.25, 0.3) is 0 Å². The van der Waals surface area contributed by atoms with E-state index in [-0.39, 0.29) is 12.6 Å². The SMILES string of the molecule is OCC(NCc1ccn(Cc2ccccc2)c1)c1ccco1. The molecule has 0 fully saturated rings. The molecule has 4 nitrogen and oxygen atoms in total. The summed E-state index contributed by atoms with van der Waals surface area (Å²) >= 11 is 0. The van der Waals surface area contributed by atoms with Crippen LogP contribution in [0.15, 0.2) is 71.6 Å². The molecule has 0 spiro atoms. The molecule has 114 valence electrons. The third-order valence-electron chi connectivity index (χ3n) is 3.64. The average Bonchev–Trinajstić information content (AvgIpc) is 3.21. The van der Waals surface area contributed by atoms with Gasteiger partial charge in [0.1, 0.15) is 5.76 Å². The fraction of sp³-hybridized carbons (Fsp3) is 0.222. The van der Waals surface area contributed by atoms with Crippen molar-refractivity contribution in [3.8, 4) is 0 Å². The largest absolute Gasteiger partial charge is 0.468 e. The van der Waals surface area contributed by atoms with Gasteiger partial charge in [0.25, 0.3) is 0 Å². The first-order chi connectivity index (χ1) is 10.8. The van der Waals surface area contributed by atoms with Gasteiger partial charge in [-0.25, -0.2) is 0 Å². The van der Waals surface area contributed by atoms with Crippen molar-refractivity contribution in [2.45, 2.75) is 19.1 Å². The molecule has 0 amide bonds. The Bertz CT molecular complexity index is 674. The van der Waals surface area contributed by atoms with Gasteiger partial charge >= 0.3 is 0 Å². The average molecular weight is 296 g/mol. The molecule has 0 radical (unpaired) electrons. The molecule has 1 unspecified atom stereocenters. The minimum atomic E-state index is -0.174. The molecule has 0 saturated carbocycles. The van der Waals surface area contributed by atoms with E-state index in [0.29, 0.717) is 6.54 Å². The van der Waals surface area contributed by atoms with Crippen molar-refractivity contribution in [2.75, 3.05) is 6.61 Å². The van der Waals surface area contributed by atoms with Crippen LogP contribution >= 0.6 is 0 Å². The number of aliphatic hydroxyl groups is 1. The standard InChI is InChI=1S/C18H20N2O2/c21-14-17(18-7-4-10-22-18)19-11-16-8-9-20(13-16)12-15-5-2-1-3-6-15/h1-10,13,17,19,21H,11-12,14H2. The Morgan fingerprint density at radius 2 is 1.91 bits per heavy atom. The van der Waals surface area contributed by atoms with Gasteiger partial charge in [-0.1, -0.05) is 30.3 Å². The predicted molar refractivity (Wildman–Crippen MR) is 85.4 cm³/mol. The summed E-state index contributed by atoms with van der Waals surface area (Å²) in [6.07, 6.45) is 5.82. The fourth-order valence-corrected chi connectivity index (χ4v) is 2.47. The lowest BCUT2D eigenvalue weighted by Gasteiger charge is -2.13. The maximum Gasteiger partial charge on any atom is 0.123 e. The van der Waals surface area contributed by atoms with E-state index in [1.807, 2.05) is 18.2 Å². The van der Waals surface area contributed by atoms with E-state index in [1.54, 1.807) is 6.26 Å². The second-order valence-electron chi connectivity index (χ2n) is 5.31. The van der Waals surface area contributed by atoms with E-state index in [4.69, 9.17) is 4.42 Å². The molecular formula is C18H20N2O2. The zero-order chi connectivity index (χ0) is 15.2. The fourth-order valence-electron chi connectivity index (χ4n) is 2.47. The van der Waals surface area contributed by atoms with E-state index in [9.17, 15) is 5.11 Å². The lowest BCUT2D eigenvalue weighted by atomic mass is 10.2. The van der Waals surface area contributed by atoms with E-state index in [0.717, 1.165) is 12.3 Å². The van der Waals surface area contributed by atoms with Crippen molar-refractivity contribution >= 4 is 0 Å². The molecule has 3 rings (SSSR count). The third-order valence-corrected chi connectivity index (χ3v) is 3.64. The molecular weight excluding hydrogens is 276 g/mol. The van der Waals surface area contributed by atoms with Crippen molar-refractivity contribution in [3.63, 3.8) is 0 Å². The molecule has 2 N–H and O–H groups in total. The van der Waals surface area contributed by atoms with Crippen molar-refractivity contribution in [3.05, 3.63) is 84.1 Å². The second kappa shape index (κ2) is 7.11. The van der Waals surface area contributed by atoms with Crippen LogP contribution in [-0.4, -0.2) is 16.3 Å². The Kier molecular flexibility index (Phi) is 4.73. The minimum Gasteiger partial charge on any atom is -0.468 e. The molecule has 1 aromatic carbocycles. The molecule has 1 atom stereocenters. The number of nitrogens with zero attached hydrogens (tertiary/aromatic N) is 1. The van der Waals surface area contributed by atoms with Gasteiger partial charge in [0.2, 0.25) is 0 Å². The quantitative estimate of drug-likeness (QED) is 0.705. The molecule has 0 aliphatic rings. The van der Waals surface area contributed by atoms with E-state index in [1.165, 1.54) is 11.1 Å². The highest BCUT2D eigenvalue weighted by Crippen LogP contribution is 2.14.